The Kier molecular flexibility index (Phi) is 6.05. The minimum absolute atomic E-state index is 0.202. The van der Waals surface area contributed by atoms with Crippen LogP contribution in [0.15, 0.2) is 41.3 Å². The van der Waals surface area contributed by atoms with Crippen LogP contribution in [0.4, 0.5) is 27.8 Å². The molecule has 2 aromatic heterocycles. The Bertz CT molecular complexity index is 1260. The highest BCUT2D eigenvalue weighted by Gasteiger charge is 2.46. The number of alkyl halides is 5. The Balaban J connectivity index is 1.59. The lowest BCUT2D eigenvalue weighted by Crippen LogP contribution is -2.55. The largest absolute Gasteiger partial charge is 0.435 e. The molecule has 3 heterocycles. The minimum Gasteiger partial charge on any atom is -0.435 e. The average Bonchev–Trinajstić information content (AvgIpc) is 3.22. The van der Waals surface area contributed by atoms with Gasteiger partial charge in [-0.3, -0.25) is 0 Å². The molecular weight excluding hydrogens is 491 g/mol. The van der Waals surface area contributed by atoms with Gasteiger partial charge in [-0.25, -0.2) is 9.48 Å². The van der Waals surface area contributed by atoms with E-state index >= 15 is 0 Å². The Morgan fingerprint density at radius 2 is 1.97 bits per heavy atom. The lowest BCUT2D eigenvalue weighted by Gasteiger charge is -2.42. The summed E-state index contributed by atoms with van der Waals surface area (Å²) in [4.78, 5) is 16.5. The molecule has 3 N–H and O–H groups in total. The number of ether oxygens (including phenoxy) is 1. The number of thiophene rings is 1. The van der Waals surface area contributed by atoms with Crippen molar-refractivity contribution in [3.8, 4) is 5.75 Å². The van der Waals surface area contributed by atoms with Gasteiger partial charge in [0.15, 0.2) is 12.0 Å². The molecule has 3 aromatic rings. The van der Waals surface area contributed by atoms with Crippen molar-refractivity contribution in [1.29, 1.82) is 0 Å². The van der Waals surface area contributed by atoms with E-state index < -0.39 is 35.4 Å². The molecule has 182 valence electrons. The quantitative estimate of drug-likeness (QED) is 0.354. The van der Waals surface area contributed by atoms with Gasteiger partial charge in [0, 0.05) is 17.0 Å². The third-order valence-corrected chi connectivity index (χ3v) is 6.10. The molecule has 1 atom stereocenters. The monoisotopic (exact) mass is 506 g/mol. The summed E-state index contributed by atoms with van der Waals surface area (Å²) in [5.74, 6) is -3.55. The fraction of sp³-hybridized carbons (Fsp3) is 0.316. The molecule has 0 amide bonds. The van der Waals surface area contributed by atoms with Crippen molar-refractivity contribution in [2.75, 3.05) is 4.90 Å². The lowest BCUT2D eigenvalue weighted by molar-refractivity contribution is -0.239. The molecule has 0 saturated heterocycles. The number of anilines is 1. The smallest absolute Gasteiger partial charge is 0.425 e. The number of hydrogen-bond acceptors (Lipinski definition) is 9. The maximum atomic E-state index is 12.8. The first-order valence-electron chi connectivity index (χ1n) is 9.44. The Labute approximate surface area is 190 Å². The van der Waals surface area contributed by atoms with Crippen molar-refractivity contribution in [3.05, 3.63) is 67.9 Å². The number of aliphatic hydroxyl groups is 3. The van der Waals surface area contributed by atoms with Crippen LogP contribution in [0, 0.1) is 0 Å². The lowest BCUT2D eigenvalue weighted by atomic mass is 9.92. The number of aliphatic hydroxyl groups excluding tert-OH is 1. The van der Waals surface area contributed by atoms with Gasteiger partial charge in [0.05, 0.1) is 12.7 Å². The van der Waals surface area contributed by atoms with Gasteiger partial charge < -0.3 is 25.0 Å². The van der Waals surface area contributed by atoms with Crippen LogP contribution in [0.25, 0.3) is 0 Å². The van der Waals surface area contributed by atoms with Crippen molar-refractivity contribution >= 4 is 17.2 Å². The summed E-state index contributed by atoms with van der Waals surface area (Å²) in [6, 6.07) is 5.47. The van der Waals surface area contributed by atoms with Gasteiger partial charge in [0.1, 0.15) is 10.6 Å². The molecule has 1 aliphatic heterocycles. The van der Waals surface area contributed by atoms with Gasteiger partial charge in [0.2, 0.25) is 5.79 Å². The predicted molar refractivity (Wildman–Crippen MR) is 106 cm³/mol. The van der Waals surface area contributed by atoms with Crippen LogP contribution in [0.2, 0.25) is 0 Å². The molecule has 0 radical (unpaired) electrons. The molecule has 9 nitrogen and oxygen atoms in total. The van der Waals surface area contributed by atoms with Gasteiger partial charge in [-0.05, 0) is 29.8 Å². The molecule has 1 unspecified atom stereocenters. The number of fused-ring (bicyclic) bond motifs is 1. The highest BCUT2D eigenvalue weighted by atomic mass is 32.1. The van der Waals surface area contributed by atoms with Crippen molar-refractivity contribution in [2.24, 2.45) is 0 Å². The van der Waals surface area contributed by atoms with E-state index in [1.54, 1.807) is 0 Å². The number of halogens is 5. The van der Waals surface area contributed by atoms with E-state index in [0.29, 0.717) is 11.3 Å². The van der Waals surface area contributed by atoms with Crippen molar-refractivity contribution in [3.63, 3.8) is 0 Å². The number of benzene rings is 1. The zero-order valence-electron chi connectivity index (χ0n) is 16.8. The third kappa shape index (κ3) is 4.59. The molecule has 0 aliphatic carbocycles. The maximum Gasteiger partial charge on any atom is 0.425 e. The van der Waals surface area contributed by atoms with Gasteiger partial charge >= 0.3 is 18.5 Å². The van der Waals surface area contributed by atoms with E-state index in [1.165, 1.54) is 12.1 Å². The second-order valence-electron chi connectivity index (χ2n) is 7.24. The summed E-state index contributed by atoms with van der Waals surface area (Å²) in [7, 11) is 0. The molecule has 1 aromatic carbocycles. The normalized spacial score (nSPS) is 17.7. The second kappa shape index (κ2) is 8.57. The molecule has 0 fully saturated rings. The fourth-order valence-electron chi connectivity index (χ4n) is 3.41. The van der Waals surface area contributed by atoms with E-state index in [1.807, 2.05) is 0 Å². The Morgan fingerprint density at radius 1 is 1.24 bits per heavy atom. The summed E-state index contributed by atoms with van der Waals surface area (Å²) in [6.07, 6.45) is -5.56. The Morgan fingerprint density at radius 3 is 2.59 bits per heavy atom. The first kappa shape index (κ1) is 24.0. The van der Waals surface area contributed by atoms with E-state index in [2.05, 4.69) is 14.8 Å². The number of hydrogen-bond donors (Lipinski definition) is 3. The second-order valence-corrected chi connectivity index (χ2v) is 8.41. The van der Waals surface area contributed by atoms with Crippen LogP contribution in [-0.4, -0.2) is 42.9 Å². The SMILES string of the molecule is O=c1nc(N2Cc3ccc(OC(F)F)cc3C(O)(O)C2O)cnn1Cc1ccc(C(F)(F)F)s1. The molecule has 1 aliphatic rings. The fourth-order valence-corrected chi connectivity index (χ4v) is 4.27. The number of rotatable bonds is 5. The van der Waals surface area contributed by atoms with E-state index in [4.69, 9.17) is 0 Å². The van der Waals surface area contributed by atoms with Crippen LogP contribution < -0.4 is 15.3 Å². The molecule has 0 bridgehead atoms. The van der Waals surface area contributed by atoms with Crippen LogP contribution in [0.5, 0.6) is 5.75 Å². The van der Waals surface area contributed by atoms with Crippen molar-refractivity contribution in [2.45, 2.75) is 37.9 Å². The summed E-state index contributed by atoms with van der Waals surface area (Å²) in [6.45, 7) is -3.63. The molecular formula is C19H15F5N4O5S. The molecule has 0 saturated carbocycles. The minimum atomic E-state index is -4.52. The summed E-state index contributed by atoms with van der Waals surface area (Å²) in [5.41, 5.74) is -1.03. The number of aromatic nitrogens is 3. The van der Waals surface area contributed by atoms with Crippen LogP contribution in [0.1, 0.15) is 20.9 Å². The number of nitrogens with zero attached hydrogens (tertiary/aromatic N) is 4. The van der Waals surface area contributed by atoms with Crippen LogP contribution in [0.3, 0.4) is 0 Å². The summed E-state index contributed by atoms with van der Waals surface area (Å²) < 4.78 is 68.3. The van der Waals surface area contributed by atoms with E-state index in [9.17, 15) is 42.1 Å². The van der Waals surface area contributed by atoms with E-state index in [-0.39, 0.29) is 40.7 Å². The predicted octanol–water partition coefficient (Wildman–Crippen LogP) is 1.84. The van der Waals surface area contributed by atoms with Gasteiger partial charge in [-0.2, -0.15) is 32.0 Å². The first-order chi connectivity index (χ1) is 15.9. The zero-order chi connectivity index (χ0) is 24.8. The van der Waals surface area contributed by atoms with Crippen molar-refractivity contribution in [1.82, 2.24) is 14.8 Å². The highest BCUT2D eigenvalue weighted by molar-refractivity contribution is 7.12. The summed E-state index contributed by atoms with van der Waals surface area (Å²) in [5, 5.41) is 35.3. The standard InChI is InChI=1S/C19H15F5N4O5S/c20-16(21)33-10-2-1-9-7-27(15(29)18(31,32)12(9)5-10)14-6-25-28(17(30)26-14)8-11-3-4-13(34-11)19(22,23)24/h1-6,15-16,29,31-32H,7-8H2. The Hall–Kier alpha value is -3.14. The third-order valence-electron chi connectivity index (χ3n) is 4.98. The van der Waals surface area contributed by atoms with Gasteiger partial charge in [0.25, 0.3) is 0 Å². The van der Waals surface area contributed by atoms with Gasteiger partial charge in [-0.15, -0.1) is 11.3 Å². The molecule has 4 rings (SSSR count). The zero-order valence-corrected chi connectivity index (χ0v) is 17.6. The molecule has 15 heteroatoms. The topological polar surface area (TPSA) is 121 Å². The van der Waals surface area contributed by atoms with Gasteiger partial charge in [-0.1, -0.05) is 6.07 Å². The van der Waals surface area contributed by atoms with Crippen molar-refractivity contribution < 1.29 is 42.0 Å². The summed E-state index contributed by atoms with van der Waals surface area (Å²) >= 11 is 0.447. The first-order valence-corrected chi connectivity index (χ1v) is 10.3. The van der Waals surface area contributed by atoms with Crippen LogP contribution >= 0.6 is 11.3 Å². The van der Waals surface area contributed by atoms with E-state index in [0.717, 1.165) is 34.0 Å². The molecule has 0 spiro atoms. The highest BCUT2D eigenvalue weighted by Crippen LogP contribution is 2.38. The molecule has 34 heavy (non-hydrogen) atoms. The average molecular weight is 506 g/mol. The maximum absolute atomic E-state index is 12.8. The van der Waals surface area contributed by atoms with Crippen LogP contribution in [-0.2, 0) is 25.1 Å².